The third-order valence-corrected chi connectivity index (χ3v) is 6.96. The molecule has 2 aromatic carbocycles. The summed E-state index contributed by atoms with van der Waals surface area (Å²) in [6.45, 7) is 6.27. The molecule has 1 N–H and O–H groups in total. The molecule has 0 bridgehead atoms. The van der Waals surface area contributed by atoms with Gasteiger partial charge >= 0.3 is 5.97 Å². The van der Waals surface area contributed by atoms with E-state index in [2.05, 4.69) is 14.5 Å². The van der Waals surface area contributed by atoms with Gasteiger partial charge in [-0.15, -0.1) is 11.6 Å². The maximum atomic E-state index is 13.5. The van der Waals surface area contributed by atoms with Gasteiger partial charge in [-0.05, 0) is 55.8 Å². The lowest BCUT2D eigenvalue weighted by Gasteiger charge is -2.36. The van der Waals surface area contributed by atoms with Crippen molar-refractivity contribution in [1.29, 1.82) is 0 Å². The fourth-order valence-corrected chi connectivity index (χ4v) is 4.77. The highest BCUT2D eigenvalue weighted by Crippen LogP contribution is 2.24. The smallest absolute Gasteiger partial charge is 0.379 e. The van der Waals surface area contributed by atoms with Crippen LogP contribution < -0.4 is 10.3 Å². The van der Waals surface area contributed by atoms with Gasteiger partial charge in [0.25, 0.3) is 5.78 Å². The van der Waals surface area contributed by atoms with E-state index >= 15 is 0 Å². The van der Waals surface area contributed by atoms with Crippen molar-refractivity contribution in [2.24, 2.45) is 0 Å². The van der Waals surface area contributed by atoms with Gasteiger partial charge in [-0.3, -0.25) is 14.5 Å². The largest absolute Gasteiger partial charge is 0.507 e. The lowest BCUT2D eigenvalue weighted by molar-refractivity contribution is -0.151. The van der Waals surface area contributed by atoms with Crippen molar-refractivity contribution in [3.63, 3.8) is 0 Å². The number of ether oxygens (including phenoxy) is 1. The molecule has 4 rings (SSSR count). The summed E-state index contributed by atoms with van der Waals surface area (Å²) < 4.78 is 20.0. The molecule has 0 spiro atoms. The zero-order valence-corrected chi connectivity index (χ0v) is 22.5. The van der Waals surface area contributed by atoms with Crippen molar-refractivity contribution < 1.29 is 23.8 Å². The average molecular weight is 556 g/mol. The van der Waals surface area contributed by atoms with Gasteiger partial charge in [-0.25, -0.2) is 9.18 Å². The van der Waals surface area contributed by atoms with Gasteiger partial charge in [-0.2, -0.15) is 0 Å². The minimum absolute atomic E-state index is 0.00439. The fraction of sp³-hybridized carbons (Fsp3) is 0.345. The van der Waals surface area contributed by atoms with E-state index in [0.717, 1.165) is 50.4 Å². The Kier molecular flexibility index (Phi) is 9.37. The minimum atomic E-state index is -1.12. The van der Waals surface area contributed by atoms with Crippen molar-refractivity contribution in [3.8, 4) is 0 Å². The lowest BCUT2D eigenvalue weighted by Crippen LogP contribution is -2.46. The number of piperazine rings is 1. The Bertz CT molecular complexity index is 1430. The summed E-state index contributed by atoms with van der Waals surface area (Å²) in [5.74, 6) is -2.55. The summed E-state index contributed by atoms with van der Waals surface area (Å²) in [5, 5.41) is 11.0. The molecular weight excluding hydrogens is 525 g/mol. The van der Waals surface area contributed by atoms with E-state index in [1.165, 1.54) is 18.3 Å². The summed E-state index contributed by atoms with van der Waals surface area (Å²) in [7, 11) is 0. The maximum absolute atomic E-state index is 13.5. The molecule has 1 aromatic heterocycles. The van der Waals surface area contributed by atoms with E-state index in [0.29, 0.717) is 22.9 Å². The van der Waals surface area contributed by atoms with Crippen molar-refractivity contribution in [2.45, 2.75) is 19.9 Å². The average Bonchev–Trinajstić information content (AvgIpc) is 2.94. The van der Waals surface area contributed by atoms with Crippen LogP contribution in [0.2, 0.25) is 0 Å². The first-order valence-corrected chi connectivity index (χ1v) is 13.4. The van der Waals surface area contributed by atoms with Crippen LogP contribution in [-0.2, 0) is 20.9 Å². The molecule has 206 valence electrons. The Morgan fingerprint density at radius 3 is 2.49 bits per heavy atom. The number of nitrogens with zero attached hydrogens (tertiary/aromatic N) is 3. The topological polar surface area (TPSA) is 92.1 Å². The number of benzene rings is 2. The van der Waals surface area contributed by atoms with Crippen LogP contribution in [0.15, 0.2) is 59.5 Å². The van der Waals surface area contributed by atoms with Gasteiger partial charge in [0.1, 0.15) is 11.6 Å². The minimum Gasteiger partial charge on any atom is -0.507 e. The standard InChI is InChI=1S/C29H31ClFN3O5/c1-2-39-29(38)27(36)17-26(35)24-19-34(18-20-4-6-21(31)7-5-20)25-16-22(8-9-23(25)28(24)37)33-14-12-32(13-15-33)11-3-10-30/h4-9,16-17,19,35H,2-3,10-15,18H2,1H3/b26-17-. The Hall–Kier alpha value is -3.69. The summed E-state index contributed by atoms with van der Waals surface area (Å²) in [4.78, 5) is 41.9. The highest BCUT2D eigenvalue weighted by molar-refractivity contribution is 6.39. The number of halogens is 2. The summed E-state index contributed by atoms with van der Waals surface area (Å²) >= 11 is 5.84. The van der Waals surface area contributed by atoms with E-state index < -0.39 is 22.9 Å². The summed E-state index contributed by atoms with van der Waals surface area (Å²) in [5.41, 5.74) is 1.74. The van der Waals surface area contributed by atoms with Crippen molar-refractivity contribution in [1.82, 2.24) is 9.47 Å². The molecule has 10 heteroatoms. The third-order valence-electron chi connectivity index (χ3n) is 6.70. The molecule has 1 aliphatic rings. The number of anilines is 1. The number of carbonyl (C=O) groups is 2. The van der Waals surface area contributed by atoms with E-state index in [-0.39, 0.29) is 24.5 Å². The first-order chi connectivity index (χ1) is 18.8. The first kappa shape index (κ1) is 28.3. The van der Waals surface area contributed by atoms with Crippen LogP contribution in [0.25, 0.3) is 16.7 Å². The number of pyridine rings is 1. The number of carbonyl (C=O) groups excluding carboxylic acids is 2. The van der Waals surface area contributed by atoms with Crippen LogP contribution in [0.4, 0.5) is 10.1 Å². The number of alkyl halides is 1. The molecule has 1 aliphatic heterocycles. The van der Waals surface area contributed by atoms with Crippen LogP contribution >= 0.6 is 11.6 Å². The zero-order valence-electron chi connectivity index (χ0n) is 21.7. The number of fused-ring (bicyclic) bond motifs is 1. The van der Waals surface area contributed by atoms with Crippen molar-refractivity contribution >= 4 is 45.7 Å². The molecule has 1 fully saturated rings. The second-order valence-corrected chi connectivity index (χ2v) is 9.69. The van der Waals surface area contributed by atoms with Crippen molar-refractivity contribution in [2.75, 3.05) is 50.1 Å². The molecule has 0 radical (unpaired) electrons. The molecule has 0 saturated carbocycles. The third kappa shape index (κ3) is 6.85. The molecule has 0 aliphatic carbocycles. The number of esters is 1. The van der Waals surface area contributed by atoms with Gasteiger partial charge < -0.3 is 19.3 Å². The molecule has 0 amide bonds. The van der Waals surface area contributed by atoms with E-state index in [1.807, 2.05) is 12.1 Å². The highest BCUT2D eigenvalue weighted by atomic mass is 35.5. The Balaban J connectivity index is 1.73. The van der Waals surface area contributed by atoms with Gasteiger partial charge in [0.2, 0.25) is 0 Å². The number of aliphatic hydroxyl groups is 1. The lowest BCUT2D eigenvalue weighted by atomic mass is 10.1. The molecule has 0 unspecified atom stereocenters. The Labute approximate surface area is 230 Å². The molecule has 0 atom stereocenters. The number of hydrogen-bond acceptors (Lipinski definition) is 7. The molecule has 3 aromatic rings. The van der Waals surface area contributed by atoms with E-state index in [1.54, 1.807) is 29.7 Å². The molecule has 1 saturated heterocycles. The number of ketones is 1. The number of hydrogen-bond donors (Lipinski definition) is 1. The van der Waals surface area contributed by atoms with Crippen LogP contribution in [-0.4, -0.2) is 71.5 Å². The SMILES string of the molecule is CCOC(=O)C(=O)/C=C(\O)c1cn(Cc2ccc(F)cc2)c2cc(N3CCN(CCCCl)CC3)ccc2c1=O. The second kappa shape index (κ2) is 12.9. The predicted molar refractivity (Wildman–Crippen MR) is 150 cm³/mol. The Morgan fingerprint density at radius 2 is 1.82 bits per heavy atom. The van der Waals surface area contributed by atoms with Crippen LogP contribution in [0, 0.1) is 5.82 Å². The van der Waals surface area contributed by atoms with Gasteiger partial charge in [-0.1, -0.05) is 12.1 Å². The number of aliphatic hydroxyl groups excluding tert-OH is 1. The fourth-order valence-electron chi connectivity index (χ4n) is 4.65. The number of rotatable bonds is 10. The quantitative estimate of drug-likeness (QED) is 0.133. The van der Waals surface area contributed by atoms with Crippen LogP contribution in [0.1, 0.15) is 24.5 Å². The molecule has 39 heavy (non-hydrogen) atoms. The highest BCUT2D eigenvalue weighted by Gasteiger charge is 2.20. The van der Waals surface area contributed by atoms with E-state index in [4.69, 9.17) is 11.6 Å². The summed E-state index contributed by atoms with van der Waals surface area (Å²) in [6.07, 6.45) is 3.09. The zero-order chi connectivity index (χ0) is 27.9. The summed E-state index contributed by atoms with van der Waals surface area (Å²) in [6, 6.07) is 11.5. The monoisotopic (exact) mass is 555 g/mol. The number of aromatic nitrogens is 1. The molecule has 2 heterocycles. The van der Waals surface area contributed by atoms with Gasteiger partial charge in [0.15, 0.2) is 5.43 Å². The first-order valence-electron chi connectivity index (χ1n) is 12.9. The second-order valence-electron chi connectivity index (χ2n) is 9.31. The molecular formula is C29H31ClFN3O5. The van der Waals surface area contributed by atoms with Crippen LogP contribution in [0.5, 0.6) is 0 Å². The van der Waals surface area contributed by atoms with E-state index in [9.17, 15) is 23.9 Å². The van der Waals surface area contributed by atoms with Crippen LogP contribution in [0.3, 0.4) is 0 Å². The predicted octanol–water partition coefficient (Wildman–Crippen LogP) is 3.97. The van der Waals surface area contributed by atoms with Crippen molar-refractivity contribution in [3.05, 3.63) is 81.9 Å². The van der Waals surface area contributed by atoms with Gasteiger partial charge in [0.05, 0.1) is 17.7 Å². The Morgan fingerprint density at radius 1 is 1.10 bits per heavy atom. The maximum Gasteiger partial charge on any atom is 0.379 e. The molecule has 8 nitrogen and oxygen atoms in total. The normalized spacial score (nSPS) is 14.5. The van der Waals surface area contributed by atoms with Gasteiger partial charge in [0, 0.05) is 62.0 Å².